The average Bonchev–Trinajstić information content (AvgIpc) is 2.80. The smallest absolute Gasteiger partial charge is 0.231 e. The monoisotopic (exact) mass is 283 g/mol. The van der Waals surface area contributed by atoms with Crippen LogP contribution < -0.4 is 5.73 Å². The van der Waals surface area contributed by atoms with Crippen molar-refractivity contribution >= 4 is 0 Å². The molecule has 1 saturated carbocycles. The van der Waals surface area contributed by atoms with Gasteiger partial charge >= 0.3 is 0 Å². The quantitative estimate of drug-likeness (QED) is 0.605. The minimum Gasteiger partial charge on any atom is -0.382 e. The van der Waals surface area contributed by atoms with Gasteiger partial charge in [0, 0.05) is 19.6 Å². The van der Waals surface area contributed by atoms with Crippen molar-refractivity contribution < 1.29 is 14.0 Å². The summed E-state index contributed by atoms with van der Waals surface area (Å²) < 4.78 is 15.7. The van der Waals surface area contributed by atoms with E-state index in [1.54, 1.807) is 7.11 Å². The SMILES string of the molecule is COCCOCCc1noc(C2CCCCCC2N)n1. The molecule has 1 aromatic heterocycles. The van der Waals surface area contributed by atoms with E-state index in [1.807, 2.05) is 0 Å². The summed E-state index contributed by atoms with van der Waals surface area (Å²) in [6, 6.07) is 0.142. The number of ether oxygens (including phenoxy) is 2. The highest BCUT2D eigenvalue weighted by Crippen LogP contribution is 2.29. The van der Waals surface area contributed by atoms with Gasteiger partial charge in [0.1, 0.15) is 0 Å². The molecule has 1 aliphatic carbocycles. The van der Waals surface area contributed by atoms with E-state index in [2.05, 4.69) is 10.1 Å². The summed E-state index contributed by atoms with van der Waals surface area (Å²) in [5.74, 6) is 1.62. The maximum absolute atomic E-state index is 6.21. The number of nitrogens with zero attached hydrogens (tertiary/aromatic N) is 2. The van der Waals surface area contributed by atoms with Crippen LogP contribution in [0.3, 0.4) is 0 Å². The second-order valence-corrected chi connectivity index (χ2v) is 5.31. The van der Waals surface area contributed by atoms with Gasteiger partial charge in [0.2, 0.25) is 5.89 Å². The van der Waals surface area contributed by atoms with Crippen LogP contribution in [-0.2, 0) is 15.9 Å². The molecule has 2 N–H and O–H groups in total. The Morgan fingerprint density at radius 1 is 1.20 bits per heavy atom. The molecule has 0 radical (unpaired) electrons. The maximum atomic E-state index is 6.21. The van der Waals surface area contributed by atoms with Crippen molar-refractivity contribution in [1.82, 2.24) is 10.1 Å². The van der Waals surface area contributed by atoms with Gasteiger partial charge in [-0.3, -0.25) is 0 Å². The lowest BCUT2D eigenvalue weighted by molar-refractivity contribution is 0.0714. The fraction of sp³-hybridized carbons (Fsp3) is 0.857. The molecule has 20 heavy (non-hydrogen) atoms. The third-order valence-corrected chi connectivity index (χ3v) is 3.77. The molecule has 1 aromatic rings. The summed E-state index contributed by atoms with van der Waals surface area (Å²) in [7, 11) is 1.66. The average molecular weight is 283 g/mol. The molecule has 6 nitrogen and oxygen atoms in total. The van der Waals surface area contributed by atoms with Crippen LogP contribution in [0.1, 0.15) is 49.7 Å². The van der Waals surface area contributed by atoms with E-state index in [1.165, 1.54) is 19.3 Å². The number of hydrogen-bond acceptors (Lipinski definition) is 6. The van der Waals surface area contributed by atoms with Gasteiger partial charge in [-0.15, -0.1) is 0 Å². The van der Waals surface area contributed by atoms with Crippen molar-refractivity contribution in [1.29, 1.82) is 0 Å². The molecule has 2 unspecified atom stereocenters. The van der Waals surface area contributed by atoms with E-state index >= 15 is 0 Å². The zero-order valence-electron chi connectivity index (χ0n) is 12.2. The van der Waals surface area contributed by atoms with Crippen molar-refractivity contribution in [2.45, 2.75) is 50.5 Å². The van der Waals surface area contributed by atoms with Gasteiger partial charge in [0.15, 0.2) is 5.82 Å². The lowest BCUT2D eigenvalue weighted by atomic mass is 9.95. The lowest BCUT2D eigenvalue weighted by Crippen LogP contribution is -2.27. The predicted molar refractivity (Wildman–Crippen MR) is 74.5 cm³/mol. The van der Waals surface area contributed by atoms with Gasteiger partial charge in [-0.25, -0.2) is 0 Å². The van der Waals surface area contributed by atoms with Crippen molar-refractivity contribution in [3.8, 4) is 0 Å². The van der Waals surface area contributed by atoms with Gasteiger partial charge in [0.25, 0.3) is 0 Å². The van der Waals surface area contributed by atoms with Crippen LogP contribution >= 0.6 is 0 Å². The molecule has 0 aliphatic heterocycles. The molecule has 1 aliphatic rings. The number of nitrogens with two attached hydrogens (primary N) is 1. The van der Waals surface area contributed by atoms with Crippen molar-refractivity contribution in [3.05, 3.63) is 11.7 Å². The van der Waals surface area contributed by atoms with Crippen molar-refractivity contribution in [2.75, 3.05) is 26.9 Å². The molecular formula is C14H25N3O3. The molecule has 1 fully saturated rings. The van der Waals surface area contributed by atoms with E-state index < -0.39 is 0 Å². The van der Waals surface area contributed by atoms with Crippen molar-refractivity contribution in [2.24, 2.45) is 5.73 Å². The first-order valence-electron chi connectivity index (χ1n) is 7.46. The predicted octanol–water partition coefficient (Wildman–Crippen LogP) is 1.65. The Morgan fingerprint density at radius 2 is 2.05 bits per heavy atom. The third kappa shape index (κ3) is 4.54. The molecule has 0 bridgehead atoms. The number of methoxy groups -OCH3 is 1. The number of rotatable bonds is 7. The first-order chi connectivity index (χ1) is 9.81. The summed E-state index contributed by atoms with van der Waals surface area (Å²) in [5, 5.41) is 4.02. The van der Waals surface area contributed by atoms with Crippen LogP contribution in [0.4, 0.5) is 0 Å². The molecule has 114 valence electrons. The van der Waals surface area contributed by atoms with Crippen LogP contribution in [0.5, 0.6) is 0 Å². The second-order valence-electron chi connectivity index (χ2n) is 5.31. The molecule has 2 rings (SSSR count). The molecule has 0 spiro atoms. The third-order valence-electron chi connectivity index (χ3n) is 3.77. The van der Waals surface area contributed by atoms with Crippen LogP contribution in [-0.4, -0.2) is 43.1 Å². The first kappa shape index (κ1) is 15.4. The Labute approximate surface area is 120 Å². The summed E-state index contributed by atoms with van der Waals surface area (Å²) >= 11 is 0. The van der Waals surface area contributed by atoms with Crippen LogP contribution in [0.25, 0.3) is 0 Å². The summed E-state index contributed by atoms with van der Waals surface area (Å²) in [6.45, 7) is 1.78. The Hall–Kier alpha value is -0.980. The second kappa shape index (κ2) is 8.34. The summed E-state index contributed by atoms with van der Waals surface area (Å²) in [5.41, 5.74) is 6.21. The van der Waals surface area contributed by atoms with E-state index in [0.29, 0.717) is 38.0 Å². The molecular weight excluding hydrogens is 258 g/mol. The zero-order chi connectivity index (χ0) is 14.2. The van der Waals surface area contributed by atoms with E-state index in [9.17, 15) is 0 Å². The van der Waals surface area contributed by atoms with E-state index in [-0.39, 0.29) is 12.0 Å². The standard InChI is InChI=1S/C14H25N3O3/c1-18-9-10-19-8-7-13-16-14(20-17-13)11-5-3-2-4-6-12(11)15/h11-12H,2-10,15H2,1H3. The van der Waals surface area contributed by atoms with Gasteiger partial charge in [-0.2, -0.15) is 4.98 Å². The van der Waals surface area contributed by atoms with Gasteiger partial charge < -0.3 is 19.7 Å². The number of hydrogen-bond donors (Lipinski definition) is 1. The zero-order valence-corrected chi connectivity index (χ0v) is 12.2. The Kier molecular flexibility index (Phi) is 6.42. The van der Waals surface area contributed by atoms with Gasteiger partial charge in [0.05, 0.1) is 25.7 Å². The van der Waals surface area contributed by atoms with E-state index in [4.69, 9.17) is 19.7 Å². The lowest BCUT2D eigenvalue weighted by Gasteiger charge is -2.16. The van der Waals surface area contributed by atoms with Gasteiger partial charge in [-0.05, 0) is 12.8 Å². The molecule has 0 saturated heterocycles. The Balaban J connectivity index is 1.81. The number of aromatic nitrogens is 2. The van der Waals surface area contributed by atoms with Gasteiger partial charge in [-0.1, -0.05) is 24.4 Å². The fourth-order valence-corrected chi connectivity index (χ4v) is 2.57. The molecule has 0 aromatic carbocycles. The Bertz CT molecular complexity index is 383. The maximum Gasteiger partial charge on any atom is 0.231 e. The highest BCUT2D eigenvalue weighted by Gasteiger charge is 2.27. The van der Waals surface area contributed by atoms with E-state index in [0.717, 1.165) is 12.8 Å². The normalized spacial score (nSPS) is 23.7. The van der Waals surface area contributed by atoms with Crippen LogP contribution in [0.2, 0.25) is 0 Å². The van der Waals surface area contributed by atoms with Crippen LogP contribution in [0.15, 0.2) is 4.52 Å². The van der Waals surface area contributed by atoms with Crippen molar-refractivity contribution in [3.63, 3.8) is 0 Å². The molecule has 2 atom stereocenters. The first-order valence-corrected chi connectivity index (χ1v) is 7.46. The molecule has 6 heteroatoms. The summed E-state index contributed by atoms with van der Waals surface area (Å²) in [6.07, 6.45) is 6.39. The fourth-order valence-electron chi connectivity index (χ4n) is 2.57. The highest BCUT2D eigenvalue weighted by atomic mass is 16.5. The topological polar surface area (TPSA) is 83.4 Å². The molecule has 0 amide bonds. The Morgan fingerprint density at radius 3 is 2.90 bits per heavy atom. The van der Waals surface area contributed by atoms with Crippen LogP contribution in [0, 0.1) is 0 Å². The highest BCUT2D eigenvalue weighted by molar-refractivity contribution is 4.99. The molecule has 1 heterocycles. The minimum absolute atomic E-state index is 0.142. The summed E-state index contributed by atoms with van der Waals surface area (Å²) in [4.78, 5) is 4.47. The largest absolute Gasteiger partial charge is 0.382 e. The minimum atomic E-state index is 0.142.